The lowest BCUT2D eigenvalue weighted by Gasteiger charge is -2.12. The fraction of sp³-hybridized carbons (Fsp3) is 0.0435. The number of amides is 1. The minimum absolute atomic E-state index is 0.0673. The summed E-state index contributed by atoms with van der Waals surface area (Å²) in [4.78, 5) is 27.2. The van der Waals surface area contributed by atoms with Gasteiger partial charge in [-0.1, -0.05) is 30.3 Å². The first-order valence-corrected chi connectivity index (χ1v) is 11.3. The zero-order chi connectivity index (χ0) is 23.6. The standard InChI is InChI=1S/C23H18N4O5S/c1-15-9-10-17(23(28)25-18-6-4-7-20(13-18)27(29)30)12-22(15)33(31,32)26-19-11-16-5-2-3-8-21(16)24-14-19/h2-14,26H,1H3,(H,25,28). The van der Waals surface area contributed by atoms with Crippen molar-refractivity contribution in [3.63, 3.8) is 0 Å². The summed E-state index contributed by atoms with van der Waals surface area (Å²) in [5, 5.41) is 14.3. The highest BCUT2D eigenvalue weighted by Gasteiger charge is 2.20. The number of rotatable bonds is 6. The molecule has 0 fully saturated rings. The van der Waals surface area contributed by atoms with E-state index in [2.05, 4.69) is 15.0 Å². The zero-order valence-corrected chi connectivity index (χ0v) is 18.2. The maximum atomic E-state index is 13.1. The van der Waals surface area contributed by atoms with Crippen LogP contribution in [-0.4, -0.2) is 24.2 Å². The molecule has 1 aromatic heterocycles. The van der Waals surface area contributed by atoms with Crippen LogP contribution in [0.3, 0.4) is 0 Å². The summed E-state index contributed by atoms with van der Waals surface area (Å²) in [6.07, 6.45) is 1.42. The average Bonchev–Trinajstić information content (AvgIpc) is 2.79. The number of carbonyl (C=O) groups excluding carboxylic acids is 1. The van der Waals surface area contributed by atoms with Crippen LogP contribution in [0.5, 0.6) is 0 Å². The number of carbonyl (C=O) groups is 1. The van der Waals surface area contributed by atoms with Crippen molar-refractivity contribution in [2.45, 2.75) is 11.8 Å². The van der Waals surface area contributed by atoms with E-state index >= 15 is 0 Å². The van der Waals surface area contributed by atoms with Gasteiger partial charge in [-0.3, -0.25) is 24.6 Å². The van der Waals surface area contributed by atoms with Crippen LogP contribution < -0.4 is 10.0 Å². The van der Waals surface area contributed by atoms with Crippen molar-refractivity contribution in [2.75, 3.05) is 10.0 Å². The molecule has 0 atom stereocenters. The first-order chi connectivity index (χ1) is 15.7. The Hall–Kier alpha value is -4.31. The molecule has 33 heavy (non-hydrogen) atoms. The van der Waals surface area contributed by atoms with Crippen LogP contribution in [-0.2, 0) is 10.0 Å². The Kier molecular flexibility index (Phi) is 5.76. The zero-order valence-electron chi connectivity index (χ0n) is 17.3. The smallest absolute Gasteiger partial charge is 0.271 e. The number of non-ortho nitro benzene ring substituents is 1. The Labute approximate surface area is 189 Å². The number of pyridine rings is 1. The van der Waals surface area contributed by atoms with Crippen molar-refractivity contribution in [1.82, 2.24) is 4.98 Å². The van der Waals surface area contributed by atoms with Crippen LogP contribution in [0.1, 0.15) is 15.9 Å². The van der Waals surface area contributed by atoms with Crippen molar-refractivity contribution in [2.24, 2.45) is 0 Å². The highest BCUT2D eigenvalue weighted by molar-refractivity contribution is 7.92. The van der Waals surface area contributed by atoms with E-state index in [1.807, 2.05) is 24.3 Å². The molecule has 0 aliphatic carbocycles. The molecule has 1 amide bonds. The monoisotopic (exact) mass is 462 g/mol. The van der Waals surface area contributed by atoms with Crippen LogP contribution in [0, 0.1) is 17.0 Å². The van der Waals surface area contributed by atoms with Gasteiger partial charge in [0.1, 0.15) is 0 Å². The third kappa shape index (κ3) is 4.80. The molecule has 0 aliphatic heterocycles. The molecule has 0 spiro atoms. The third-order valence-corrected chi connectivity index (χ3v) is 6.42. The van der Waals surface area contributed by atoms with Crippen molar-refractivity contribution >= 4 is 43.9 Å². The topological polar surface area (TPSA) is 131 Å². The van der Waals surface area contributed by atoms with E-state index in [1.54, 1.807) is 13.0 Å². The molecule has 0 aliphatic rings. The number of benzene rings is 3. The Balaban J connectivity index is 1.60. The average molecular weight is 462 g/mol. The fourth-order valence-corrected chi connectivity index (χ4v) is 4.57. The first-order valence-electron chi connectivity index (χ1n) is 9.77. The molecule has 0 radical (unpaired) electrons. The molecule has 1 heterocycles. The lowest BCUT2D eigenvalue weighted by molar-refractivity contribution is -0.384. The molecule has 0 saturated carbocycles. The largest absolute Gasteiger partial charge is 0.322 e. The van der Waals surface area contributed by atoms with E-state index in [9.17, 15) is 23.3 Å². The van der Waals surface area contributed by atoms with Crippen molar-refractivity contribution in [1.29, 1.82) is 0 Å². The number of hydrogen-bond acceptors (Lipinski definition) is 6. The van der Waals surface area contributed by atoms with Gasteiger partial charge >= 0.3 is 0 Å². The number of aryl methyl sites for hydroxylation is 1. The van der Waals surface area contributed by atoms with Crippen LogP contribution in [0.15, 0.2) is 83.9 Å². The number of para-hydroxylation sites is 1. The Morgan fingerprint density at radius 3 is 2.55 bits per heavy atom. The van der Waals surface area contributed by atoms with Gasteiger partial charge in [0.05, 0.1) is 27.2 Å². The van der Waals surface area contributed by atoms with E-state index in [4.69, 9.17) is 0 Å². The second-order valence-corrected chi connectivity index (χ2v) is 8.91. The highest BCUT2D eigenvalue weighted by atomic mass is 32.2. The molecule has 2 N–H and O–H groups in total. The summed E-state index contributed by atoms with van der Waals surface area (Å²) >= 11 is 0. The van der Waals surface area contributed by atoms with E-state index < -0.39 is 20.9 Å². The summed E-state index contributed by atoms with van der Waals surface area (Å²) < 4.78 is 28.6. The molecule has 166 valence electrons. The normalized spacial score (nSPS) is 11.2. The minimum atomic E-state index is -4.02. The van der Waals surface area contributed by atoms with Crippen LogP contribution in [0.25, 0.3) is 10.9 Å². The lowest BCUT2D eigenvalue weighted by atomic mass is 10.1. The third-order valence-electron chi connectivity index (χ3n) is 4.90. The SMILES string of the molecule is Cc1ccc(C(=O)Nc2cccc([N+](=O)[O-])c2)cc1S(=O)(=O)Nc1cnc2ccccc2c1. The number of fused-ring (bicyclic) bond motifs is 1. The van der Waals surface area contributed by atoms with Crippen LogP contribution >= 0.6 is 0 Å². The second-order valence-electron chi connectivity index (χ2n) is 7.26. The minimum Gasteiger partial charge on any atom is -0.322 e. The molecule has 0 bridgehead atoms. The van der Waals surface area contributed by atoms with Gasteiger partial charge in [-0.05, 0) is 42.8 Å². The molecule has 4 rings (SSSR count). The maximum absolute atomic E-state index is 13.1. The number of sulfonamides is 1. The Bertz CT molecular complexity index is 1500. The highest BCUT2D eigenvalue weighted by Crippen LogP contribution is 2.24. The summed E-state index contributed by atoms with van der Waals surface area (Å²) in [6, 6.07) is 18.7. The van der Waals surface area contributed by atoms with Gasteiger partial charge in [0.2, 0.25) is 0 Å². The molecule has 3 aromatic carbocycles. The summed E-state index contributed by atoms with van der Waals surface area (Å²) in [5.74, 6) is -0.598. The van der Waals surface area contributed by atoms with E-state index in [0.717, 1.165) is 10.9 Å². The van der Waals surface area contributed by atoms with Gasteiger partial charge in [-0.25, -0.2) is 8.42 Å². The van der Waals surface area contributed by atoms with Crippen LogP contribution in [0.2, 0.25) is 0 Å². The second kappa shape index (κ2) is 8.67. The van der Waals surface area contributed by atoms with Gasteiger partial charge in [-0.2, -0.15) is 0 Å². The Morgan fingerprint density at radius 1 is 0.970 bits per heavy atom. The maximum Gasteiger partial charge on any atom is 0.271 e. The summed E-state index contributed by atoms with van der Waals surface area (Å²) in [6.45, 7) is 1.62. The molecular weight excluding hydrogens is 444 g/mol. The Morgan fingerprint density at radius 2 is 1.76 bits per heavy atom. The number of nitro groups is 1. The first kappa shape index (κ1) is 21.9. The number of aromatic nitrogens is 1. The van der Waals surface area contributed by atoms with Gasteiger partial charge < -0.3 is 5.32 Å². The molecule has 10 heteroatoms. The number of anilines is 2. The molecular formula is C23H18N4O5S. The molecule has 0 unspecified atom stereocenters. The van der Waals surface area contributed by atoms with E-state index in [-0.39, 0.29) is 21.8 Å². The van der Waals surface area contributed by atoms with Crippen molar-refractivity contribution in [3.8, 4) is 0 Å². The number of hydrogen-bond donors (Lipinski definition) is 2. The predicted molar refractivity (Wildman–Crippen MR) is 125 cm³/mol. The number of nitrogens with zero attached hydrogens (tertiary/aromatic N) is 2. The fourth-order valence-electron chi connectivity index (χ4n) is 3.27. The quantitative estimate of drug-likeness (QED) is 0.320. The van der Waals surface area contributed by atoms with Gasteiger partial charge in [0.15, 0.2) is 0 Å². The van der Waals surface area contributed by atoms with E-state index in [1.165, 1.54) is 48.7 Å². The molecule has 9 nitrogen and oxygen atoms in total. The van der Waals surface area contributed by atoms with Crippen LogP contribution in [0.4, 0.5) is 17.1 Å². The predicted octanol–water partition coefficient (Wildman–Crippen LogP) is 4.50. The summed E-state index contributed by atoms with van der Waals surface area (Å²) in [7, 11) is -4.02. The molecule has 0 saturated heterocycles. The van der Waals surface area contributed by atoms with Crippen molar-refractivity contribution in [3.05, 3.63) is 100 Å². The number of nitrogens with one attached hydrogen (secondary N) is 2. The van der Waals surface area contributed by atoms with Crippen molar-refractivity contribution < 1.29 is 18.1 Å². The van der Waals surface area contributed by atoms with Gasteiger partial charge in [-0.15, -0.1) is 0 Å². The van der Waals surface area contributed by atoms with Gasteiger partial charge in [0.25, 0.3) is 21.6 Å². The van der Waals surface area contributed by atoms with E-state index in [0.29, 0.717) is 11.3 Å². The summed E-state index contributed by atoms with van der Waals surface area (Å²) in [5.41, 5.74) is 1.61. The lowest BCUT2D eigenvalue weighted by Crippen LogP contribution is -2.17. The number of nitro benzene ring substituents is 1. The van der Waals surface area contributed by atoms with Gasteiger partial charge in [0, 0.05) is 28.8 Å². The molecule has 4 aromatic rings.